The number of nitriles is 1. The molecule has 94 valence electrons. The first kappa shape index (κ1) is 12.1. The predicted octanol–water partition coefficient (Wildman–Crippen LogP) is 2.09. The molecular weight excluding hydrogens is 248 g/mol. The second kappa shape index (κ2) is 4.14. The van der Waals surface area contributed by atoms with Gasteiger partial charge in [-0.3, -0.25) is 4.79 Å². The second-order valence-electron chi connectivity index (χ2n) is 3.60. The summed E-state index contributed by atoms with van der Waals surface area (Å²) in [6.45, 7) is 0. The van der Waals surface area contributed by atoms with Gasteiger partial charge in [0.15, 0.2) is 11.5 Å². The molecule has 18 heavy (non-hydrogen) atoms. The van der Waals surface area contributed by atoms with Crippen LogP contribution in [0.1, 0.15) is 17.9 Å². The molecule has 0 aromatic heterocycles. The molecule has 0 spiro atoms. The van der Waals surface area contributed by atoms with E-state index in [4.69, 9.17) is 10.4 Å². The average molecular weight is 255 g/mol. The van der Waals surface area contributed by atoms with Crippen molar-refractivity contribution < 1.29 is 28.2 Å². The lowest BCUT2D eigenvalue weighted by Gasteiger charge is -2.11. The molecule has 0 amide bonds. The molecule has 7 heteroatoms. The summed E-state index contributed by atoms with van der Waals surface area (Å²) >= 11 is 0. The average Bonchev–Trinajstić information content (AvgIpc) is 2.59. The highest BCUT2D eigenvalue weighted by Gasteiger charge is 2.45. The third-order valence-corrected chi connectivity index (χ3v) is 2.43. The molecule has 1 atom stereocenters. The van der Waals surface area contributed by atoms with Crippen LogP contribution in [0.25, 0.3) is 0 Å². The maximum Gasteiger partial charge on any atom is 0.586 e. The van der Waals surface area contributed by atoms with Crippen LogP contribution in [-0.4, -0.2) is 17.4 Å². The lowest BCUT2D eigenvalue weighted by molar-refractivity contribution is -0.287. The number of carboxylic acid groups (broad SMARTS) is 1. The summed E-state index contributed by atoms with van der Waals surface area (Å²) in [7, 11) is 0. The Morgan fingerprint density at radius 2 is 2.22 bits per heavy atom. The molecular formula is C11H7F2NO4. The van der Waals surface area contributed by atoms with Crippen molar-refractivity contribution >= 4 is 5.97 Å². The Hall–Kier alpha value is -2.36. The number of alkyl halides is 2. The molecule has 0 saturated carbocycles. The number of para-hydroxylation sites is 1. The minimum absolute atomic E-state index is 0.00118. The van der Waals surface area contributed by atoms with E-state index >= 15 is 0 Å². The Kier molecular flexibility index (Phi) is 2.79. The summed E-state index contributed by atoms with van der Waals surface area (Å²) in [5.74, 6) is -3.09. The fourth-order valence-corrected chi connectivity index (χ4v) is 1.69. The first-order valence-corrected chi connectivity index (χ1v) is 4.93. The summed E-state index contributed by atoms with van der Waals surface area (Å²) in [6.07, 6.45) is -4.16. The van der Waals surface area contributed by atoms with Crippen LogP contribution >= 0.6 is 0 Å². The fraction of sp³-hybridized carbons (Fsp3) is 0.273. The van der Waals surface area contributed by atoms with Crippen molar-refractivity contribution in [3.8, 4) is 17.6 Å². The van der Waals surface area contributed by atoms with Gasteiger partial charge in [0.25, 0.3) is 0 Å². The number of hydrogen-bond donors (Lipinski definition) is 1. The van der Waals surface area contributed by atoms with Crippen LogP contribution in [0.15, 0.2) is 18.2 Å². The number of ether oxygens (including phenoxy) is 2. The van der Waals surface area contributed by atoms with E-state index in [0.717, 1.165) is 0 Å². The van der Waals surface area contributed by atoms with Crippen molar-refractivity contribution in [1.82, 2.24) is 0 Å². The lowest BCUT2D eigenvalue weighted by atomic mass is 9.95. The number of carboxylic acids is 1. The van der Waals surface area contributed by atoms with E-state index in [2.05, 4.69) is 9.47 Å². The maximum absolute atomic E-state index is 12.9. The van der Waals surface area contributed by atoms with Gasteiger partial charge in [0.2, 0.25) is 0 Å². The normalized spacial score (nSPS) is 16.9. The molecule has 0 bridgehead atoms. The minimum atomic E-state index is -3.81. The van der Waals surface area contributed by atoms with Gasteiger partial charge in [0.05, 0.1) is 18.4 Å². The van der Waals surface area contributed by atoms with Crippen LogP contribution < -0.4 is 9.47 Å². The van der Waals surface area contributed by atoms with Crippen molar-refractivity contribution in [2.75, 3.05) is 0 Å². The summed E-state index contributed by atoms with van der Waals surface area (Å²) in [4.78, 5) is 11.0. The van der Waals surface area contributed by atoms with E-state index in [-0.39, 0.29) is 23.5 Å². The smallest absolute Gasteiger partial charge is 0.481 e. The van der Waals surface area contributed by atoms with Gasteiger partial charge < -0.3 is 14.6 Å². The highest BCUT2D eigenvalue weighted by atomic mass is 19.3. The number of benzene rings is 1. The van der Waals surface area contributed by atoms with Gasteiger partial charge in [-0.25, -0.2) is 0 Å². The van der Waals surface area contributed by atoms with Gasteiger partial charge in [-0.2, -0.15) is 5.26 Å². The first-order valence-electron chi connectivity index (χ1n) is 4.93. The van der Waals surface area contributed by atoms with E-state index in [0.29, 0.717) is 0 Å². The molecule has 0 radical (unpaired) electrons. The zero-order valence-corrected chi connectivity index (χ0v) is 8.89. The first-order chi connectivity index (χ1) is 8.44. The summed E-state index contributed by atoms with van der Waals surface area (Å²) in [5.41, 5.74) is -0.00118. The molecule has 1 aromatic carbocycles. The van der Waals surface area contributed by atoms with Crippen LogP contribution in [0.4, 0.5) is 8.78 Å². The molecule has 1 N–H and O–H groups in total. The number of carbonyl (C=O) groups is 1. The predicted molar refractivity (Wildman–Crippen MR) is 53.3 cm³/mol. The Morgan fingerprint density at radius 1 is 1.50 bits per heavy atom. The summed E-state index contributed by atoms with van der Waals surface area (Å²) in [5, 5.41) is 17.5. The maximum atomic E-state index is 12.9. The van der Waals surface area contributed by atoms with Crippen molar-refractivity contribution in [2.45, 2.75) is 18.6 Å². The van der Waals surface area contributed by atoms with E-state index in [1.807, 2.05) is 0 Å². The summed E-state index contributed by atoms with van der Waals surface area (Å²) in [6, 6.07) is 5.62. The minimum Gasteiger partial charge on any atom is -0.481 e. The fourth-order valence-electron chi connectivity index (χ4n) is 1.69. The van der Waals surface area contributed by atoms with E-state index in [1.54, 1.807) is 6.07 Å². The van der Waals surface area contributed by atoms with Crippen molar-refractivity contribution in [1.29, 1.82) is 5.26 Å². The van der Waals surface area contributed by atoms with E-state index in [1.165, 1.54) is 18.2 Å². The van der Waals surface area contributed by atoms with Gasteiger partial charge in [-0.05, 0) is 6.07 Å². The van der Waals surface area contributed by atoms with Gasteiger partial charge in [0.1, 0.15) is 0 Å². The van der Waals surface area contributed by atoms with E-state index in [9.17, 15) is 13.6 Å². The largest absolute Gasteiger partial charge is 0.586 e. The molecule has 0 aliphatic carbocycles. The zero-order valence-electron chi connectivity index (χ0n) is 8.89. The molecule has 0 fully saturated rings. The molecule has 1 aliphatic heterocycles. The molecule has 5 nitrogen and oxygen atoms in total. The van der Waals surface area contributed by atoms with E-state index < -0.39 is 18.2 Å². The van der Waals surface area contributed by atoms with Gasteiger partial charge in [0, 0.05) is 5.56 Å². The molecule has 0 saturated heterocycles. The van der Waals surface area contributed by atoms with Gasteiger partial charge in [-0.15, -0.1) is 8.78 Å². The standard InChI is InChI=1S/C11H7F2NO4/c12-11(13)17-8-3-1-2-6(9(8)18-11)7(4-5-14)10(15)16/h1-3,7H,4H2,(H,15,16). The van der Waals surface area contributed by atoms with Crippen molar-refractivity contribution in [3.05, 3.63) is 23.8 Å². The molecule has 1 aromatic rings. The molecule has 2 rings (SSSR count). The highest BCUT2D eigenvalue weighted by Crippen LogP contribution is 2.46. The lowest BCUT2D eigenvalue weighted by Crippen LogP contribution is -2.26. The van der Waals surface area contributed by atoms with Crippen LogP contribution in [0.3, 0.4) is 0 Å². The Balaban J connectivity index is 2.45. The van der Waals surface area contributed by atoms with Gasteiger partial charge >= 0.3 is 12.3 Å². The summed E-state index contributed by atoms with van der Waals surface area (Å²) < 4.78 is 34.3. The van der Waals surface area contributed by atoms with Crippen LogP contribution in [0, 0.1) is 11.3 Å². The SMILES string of the molecule is N#CCC(C(=O)O)c1cccc2c1OC(F)(F)O2. The van der Waals surface area contributed by atoms with Gasteiger partial charge in [-0.1, -0.05) is 12.1 Å². The van der Waals surface area contributed by atoms with Crippen molar-refractivity contribution in [3.63, 3.8) is 0 Å². The Labute approximate surface area is 100 Å². The molecule has 1 aliphatic rings. The number of nitrogens with zero attached hydrogens (tertiary/aromatic N) is 1. The highest BCUT2D eigenvalue weighted by molar-refractivity contribution is 5.78. The Bertz CT molecular complexity index is 538. The van der Waals surface area contributed by atoms with Crippen molar-refractivity contribution in [2.24, 2.45) is 0 Å². The second-order valence-corrected chi connectivity index (χ2v) is 3.60. The number of rotatable bonds is 3. The molecule has 1 heterocycles. The topological polar surface area (TPSA) is 79.6 Å². The van der Waals surface area contributed by atoms with Crippen LogP contribution in [0.2, 0.25) is 0 Å². The van der Waals surface area contributed by atoms with Crippen LogP contribution in [-0.2, 0) is 4.79 Å². The zero-order chi connectivity index (χ0) is 13.3. The Morgan fingerprint density at radius 3 is 2.83 bits per heavy atom. The number of fused-ring (bicyclic) bond motifs is 1. The quantitative estimate of drug-likeness (QED) is 0.894. The number of hydrogen-bond acceptors (Lipinski definition) is 4. The third kappa shape index (κ3) is 2.05. The number of aliphatic carboxylic acids is 1. The third-order valence-electron chi connectivity index (χ3n) is 2.43. The molecule has 1 unspecified atom stereocenters. The van der Waals surface area contributed by atoms with Crippen LogP contribution in [0.5, 0.6) is 11.5 Å². The monoisotopic (exact) mass is 255 g/mol. The number of halogens is 2.